The molecule has 0 radical (unpaired) electrons. The minimum atomic E-state index is 0.756. The number of halogens is 2. The van der Waals surface area contributed by atoms with E-state index >= 15 is 0 Å². The molecule has 1 aromatic heterocycles. The summed E-state index contributed by atoms with van der Waals surface area (Å²) >= 11 is 14.2. The lowest BCUT2D eigenvalue weighted by molar-refractivity contribution is 0.121. The van der Waals surface area contributed by atoms with Gasteiger partial charge in [-0.1, -0.05) is 59.6 Å². The zero-order valence-corrected chi connectivity index (χ0v) is 17.3. The van der Waals surface area contributed by atoms with Crippen molar-refractivity contribution in [2.45, 2.75) is 13.1 Å². The van der Waals surface area contributed by atoms with Crippen LogP contribution in [0.15, 0.2) is 53.9 Å². The maximum absolute atomic E-state index is 6.29. The van der Waals surface area contributed by atoms with Gasteiger partial charge in [0.1, 0.15) is 5.01 Å². The third-order valence-corrected chi connectivity index (χ3v) is 6.48. The Hall–Kier alpha value is -1.43. The third kappa shape index (κ3) is 4.71. The normalized spacial score (nSPS) is 15.9. The first-order valence-electron chi connectivity index (χ1n) is 9.06. The zero-order valence-electron chi connectivity index (χ0n) is 14.9. The molecule has 1 saturated heterocycles. The molecule has 0 amide bonds. The number of hydrogen-bond donors (Lipinski definition) is 0. The van der Waals surface area contributed by atoms with Gasteiger partial charge < -0.3 is 0 Å². The molecule has 2 heterocycles. The van der Waals surface area contributed by atoms with Crippen LogP contribution in [0, 0.1) is 0 Å². The molecule has 3 aromatic rings. The van der Waals surface area contributed by atoms with Crippen molar-refractivity contribution in [3.63, 3.8) is 0 Å². The van der Waals surface area contributed by atoms with Crippen LogP contribution in [-0.2, 0) is 13.1 Å². The molecular weight excluding hydrogens is 397 g/mol. The van der Waals surface area contributed by atoms with Crippen LogP contribution in [0.3, 0.4) is 0 Å². The van der Waals surface area contributed by atoms with Crippen LogP contribution in [0.25, 0.3) is 10.6 Å². The van der Waals surface area contributed by atoms with E-state index in [2.05, 4.69) is 27.3 Å². The average molecular weight is 418 g/mol. The minimum absolute atomic E-state index is 0.756. The van der Waals surface area contributed by atoms with Crippen LogP contribution in [0.1, 0.15) is 11.3 Å². The number of nitrogens with zero attached hydrogens (tertiary/aromatic N) is 3. The molecule has 4 rings (SSSR count). The van der Waals surface area contributed by atoms with Crippen molar-refractivity contribution in [3.8, 4) is 10.6 Å². The molecule has 140 valence electrons. The van der Waals surface area contributed by atoms with Gasteiger partial charge in [-0.15, -0.1) is 11.3 Å². The van der Waals surface area contributed by atoms with Crippen molar-refractivity contribution < 1.29 is 0 Å². The highest BCUT2D eigenvalue weighted by Gasteiger charge is 2.19. The van der Waals surface area contributed by atoms with E-state index in [0.29, 0.717) is 0 Å². The number of rotatable bonds is 5. The Morgan fingerprint density at radius 2 is 1.44 bits per heavy atom. The highest BCUT2D eigenvalue weighted by molar-refractivity contribution is 7.13. The van der Waals surface area contributed by atoms with Gasteiger partial charge >= 0.3 is 0 Å². The van der Waals surface area contributed by atoms with Crippen LogP contribution in [-0.4, -0.2) is 41.0 Å². The predicted molar refractivity (Wildman–Crippen MR) is 115 cm³/mol. The van der Waals surface area contributed by atoms with Gasteiger partial charge in [0.15, 0.2) is 0 Å². The second-order valence-corrected chi connectivity index (χ2v) is 8.44. The summed E-state index contributed by atoms with van der Waals surface area (Å²) in [7, 11) is 0. The monoisotopic (exact) mass is 417 g/mol. The van der Waals surface area contributed by atoms with E-state index < -0.39 is 0 Å². The first kappa shape index (κ1) is 18.9. The van der Waals surface area contributed by atoms with Crippen molar-refractivity contribution in [3.05, 3.63) is 75.2 Å². The lowest BCUT2D eigenvalue weighted by Gasteiger charge is -2.34. The average Bonchev–Trinajstić information content (AvgIpc) is 3.14. The lowest BCUT2D eigenvalue weighted by Crippen LogP contribution is -2.45. The molecule has 2 aromatic carbocycles. The number of piperazine rings is 1. The van der Waals surface area contributed by atoms with Gasteiger partial charge in [0.25, 0.3) is 0 Å². The second-order valence-electron chi connectivity index (χ2n) is 6.77. The van der Waals surface area contributed by atoms with Gasteiger partial charge in [0, 0.05) is 55.2 Å². The molecule has 6 heteroatoms. The van der Waals surface area contributed by atoms with Crippen LogP contribution in [0.5, 0.6) is 0 Å². The quantitative estimate of drug-likeness (QED) is 0.551. The maximum atomic E-state index is 6.29. The lowest BCUT2D eigenvalue weighted by atomic mass is 10.2. The Kier molecular flexibility index (Phi) is 6.11. The second kappa shape index (κ2) is 8.72. The van der Waals surface area contributed by atoms with Crippen molar-refractivity contribution in [1.29, 1.82) is 0 Å². The zero-order chi connectivity index (χ0) is 18.6. The molecule has 0 aliphatic carbocycles. The number of aromatic nitrogens is 1. The van der Waals surface area contributed by atoms with Gasteiger partial charge in [-0.2, -0.15) is 0 Å². The van der Waals surface area contributed by atoms with E-state index in [4.69, 9.17) is 28.2 Å². The maximum Gasteiger partial charge on any atom is 0.125 e. The fourth-order valence-corrected chi connectivity index (χ4v) is 4.67. The molecule has 0 saturated carbocycles. The van der Waals surface area contributed by atoms with E-state index in [9.17, 15) is 0 Å². The minimum Gasteiger partial charge on any atom is -0.296 e. The standard InChI is InChI=1S/C21H21Cl2N3S/c22-19-7-3-1-5-16(19)13-25-9-11-26(12-10-25)14-17-15-27-21(24-17)18-6-2-4-8-20(18)23/h1-8,15H,9-14H2. The summed E-state index contributed by atoms with van der Waals surface area (Å²) in [5.41, 5.74) is 3.34. The number of benzene rings is 2. The highest BCUT2D eigenvalue weighted by atomic mass is 35.5. The summed E-state index contributed by atoms with van der Waals surface area (Å²) in [6.07, 6.45) is 0. The summed E-state index contributed by atoms with van der Waals surface area (Å²) in [6, 6.07) is 16.0. The van der Waals surface area contributed by atoms with Crippen LogP contribution in [0.2, 0.25) is 10.0 Å². The summed E-state index contributed by atoms with van der Waals surface area (Å²) in [4.78, 5) is 9.73. The first-order chi connectivity index (χ1) is 13.2. The van der Waals surface area contributed by atoms with Gasteiger partial charge in [0.2, 0.25) is 0 Å². The van der Waals surface area contributed by atoms with Crippen LogP contribution < -0.4 is 0 Å². The van der Waals surface area contributed by atoms with Crippen molar-refractivity contribution in [2.75, 3.05) is 26.2 Å². The van der Waals surface area contributed by atoms with Crippen molar-refractivity contribution >= 4 is 34.5 Å². The predicted octanol–water partition coefficient (Wildman–Crippen LogP) is 5.43. The molecule has 1 aliphatic heterocycles. The van der Waals surface area contributed by atoms with Gasteiger partial charge in [-0.25, -0.2) is 4.98 Å². The SMILES string of the molecule is Clc1ccccc1CN1CCN(Cc2csc(-c3ccccc3Cl)n2)CC1. The smallest absolute Gasteiger partial charge is 0.125 e. The molecule has 3 nitrogen and oxygen atoms in total. The Morgan fingerprint density at radius 3 is 2.15 bits per heavy atom. The Balaban J connectivity index is 1.32. The van der Waals surface area contributed by atoms with E-state index in [0.717, 1.165) is 65.6 Å². The summed E-state index contributed by atoms with van der Waals surface area (Å²) in [5, 5.41) is 4.75. The molecular formula is C21H21Cl2N3S. The van der Waals surface area contributed by atoms with Crippen molar-refractivity contribution in [2.24, 2.45) is 0 Å². The van der Waals surface area contributed by atoms with Gasteiger partial charge in [0.05, 0.1) is 10.7 Å². The van der Waals surface area contributed by atoms with Crippen LogP contribution in [0.4, 0.5) is 0 Å². The van der Waals surface area contributed by atoms with E-state index in [-0.39, 0.29) is 0 Å². The molecule has 0 unspecified atom stereocenters. The van der Waals surface area contributed by atoms with E-state index in [1.807, 2.05) is 36.4 Å². The fraction of sp³-hybridized carbons (Fsp3) is 0.286. The molecule has 0 bridgehead atoms. The molecule has 27 heavy (non-hydrogen) atoms. The number of thiazole rings is 1. The summed E-state index contributed by atoms with van der Waals surface area (Å²) in [6.45, 7) is 5.99. The number of hydrogen-bond acceptors (Lipinski definition) is 4. The summed E-state index contributed by atoms with van der Waals surface area (Å²) < 4.78 is 0. The molecule has 1 fully saturated rings. The molecule has 0 spiro atoms. The largest absolute Gasteiger partial charge is 0.296 e. The van der Waals surface area contributed by atoms with E-state index in [1.54, 1.807) is 11.3 Å². The molecule has 0 atom stereocenters. The fourth-order valence-electron chi connectivity index (χ4n) is 3.34. The topological polar surface area (TPSA) is 19.4 Å². The highest BCUT2D eigenvalue weighted by Crippen LogP contribution is 2.30. The molecule has 0 N–H and O–H groups in total. The van der Waals surface area contributed by atoms with Gasteiger partial charge in [-0.3, -0.25) is 9.80 Å². The van der Waals surface area contributed by atoms with Gasteiger partial charge in [-0.05, 0) is 17.7 Å². The van der Waals surface area contributed by atoms with E-state index in [1.165, 1.54) is 5.56 Å². The van der Waals surface area contributed by atoms with Crippen LogP contribution >= 0.6 is 34.5 Å². The Bertz CT molecular complexity index is 904. The molecule has 1 aliphatic rings. The Morgan fingerprint density at radius 1 is 0.815 bits per heavy atom. The van der Waals surface area contributed by atoms with Crippen molar-refractivity contribution in [1.82, 2.24) is 14.8 Å². The third-order valence-electron chi connectivity index (χ3n) is 4.86. The first-order valence-corrected chi connectivity index (χ1v) is 10.7. The summed E-state index contributed by atoms with van der Waals surface area (Å²) in [5.74, 6) is 0. The Labute approximate surface area is 174 Å².